The Hall–Kier alpha value is -2.15. The minimum atomic E-state index is -0.404. The van der Waals surface area contributed by atoms with Crippen LogP contribution < -0.4 is 5.69 Å². The van der Waals surface area contributed by atoms with Crippen LogP contribution in [-0.4, -0.2) is 25.8 Å². The van der Waals surface area contributed by atoms with Crippen molar-refractivity contribution in [2.45, 2.75) is 11.8 Å². The summed E-state index contributed by atoms with van der Waals surface area (Å²) >= 11 is 1.49. The third-order valence-electron chi connectivity index (χ3n) is 3.16. The summed E-state index contributed by atoms with van der Waals surface area (Å²) in [4.78, 5) is 19.0. The van der Waals surface area contributed by atoms with Crippen molar-refractivity contribution in [2.24, 2.45) is 0 Å². The van der Waals surface area contributed by atoms with Gasteiger partial charge in [0.25, 0.3) is 0 Å². The number of thioether (sulfide) groups is 1. The van der Waals surface area contributed by atoms with Gasteiger partial charge in [-0.05, 0) is 24.8 Å². The second-order valence-corrected chi connectivity index (χ2v) is 5.10. The number of rotatable bonds is 2. The average Bonchev–Trinajstić information content (AvgIpc) is 2.87. The molecule has 0 radical (unpaired) electrons. The lowest BCUT2D eigenvalue weighted by Gasteiger charge is -2.08. The summed E-state index contributed by atoms with van der Waals surface area (Å²) in [5.74, 6) is -0.311. The summed E-state index contributed by atoms with van der Waals surface area (Å²) < 4.78 is 15.6. The molecule has 1 aromatic carbocycles. The molecule has 0 aliphatic heterocycles. The molecule has 0 bridgehead atoms. The number of H-pyrrole nitrogens is 1. The van der Waals surface area contributed by atoms with Crippen molar-refractivity contribution < 1.29 is 4.39 Å². The van der Waals surface area contributed by atoms with E-state index in [4.69, 9.17) is 0 Å². The van der Waals surface area contributed by atoms with Gasteiger partial charge in [-0.25, -0.2) is 14.2 Å². The van der Waals surface area contributed by atoms with Crippen molar-refractivity contribution in [3.05, 3.63) is 46.5 Å². The summed E-state index contributed by atoms with van der Waals surface area (Å²) in [6, 6.07) is 3.54. The number of aromatic nitrogens is 4. The maximum atomic E-state index is 14.5. The normalized spacial score (nSPS) is 11.2. The molecule has 2 heterocycles. The van der Waals surface area contributed by atoms with Crippen molar-refractivity contribution in [3.63, 3.8) is 0 Å². The Morgan fingerprint density at radius 3 is 2.90 bits per heavy atom. The largest absolute Gasteiger partial charge is 0.349 e. The molecular weight excluding hydrogens is 279 g/mol. The van der Waals surface area contributed by atoms with Crippen molar-refractivity contribution in [3.8, 4) is 11.1 Å². The van der Waals surface area contributed by atoms with Crippen LogP contribution in [0.5, 0.6) is 0 Å². The van der Waals surface area contributed by atoms with E-state index < -0.39 is 5.69 Å². The summed E-state index contributed by atoms with van der Waals surface area (Å²) in [7, 11) is 0. The lowest BCUT2D eigenvalue weighted by atomic mass is 10.1. The van der Waals surface area contributed by atoms with E-state index >= 15 is 0 Å². The Morgan fingerprint density at radius 1 is 1.35 bits per heavy atom. The van der Waals surface area contributed by atoms with Gasteiger partial charge >= 0.3 is 5.69 Å². The zero-order chi connectivity index (χ0) is 14.3. The lowest BCUT2D eigenvalue weighted by Crippen LogP contribution is -2.17. The molecule has 0 fully saturated rings. The fourth-order valence-electron chi connectivity index (χ4n) is 2.11. The third kappa shape index (κ3) is 1.82. The van der Waals surface area contributed by atoms with Crippen molar-refractivity contribution in [1.82, 2.24) is 19.6 Å². The van der Waals surface area contributed by atoms with Gasteiger partial charge in [0, 0.05) is 16.0 Å². The van der Waals surface area contributed by atoms with Crippen LogP contribution in [0.25, 0.3) is 16.8 Å². The van der Waals surface area contributed by atoms with Crippen LogP contribution in [0.4, 0.5) is 4.39 Å². The summed E-state index contributed by atoms with van der Waals surface area (Å²) in [5.41, 5.74) is 1.42. The highest BCUT2D eigenvalue weighted by Crippen LogP contribution is 2.31. The molecule has 102 valence electrons. The van der Waals surface area contributed by atoms with Gasteiger partial charge < -0.3 is 0 Å². The number of aromatic amines is 1. The quantitative estimate of drug-likeness (QED) is 0.735. The molecular formula is C13H11FN4OS. The molecule has 0 aliphatic rings. The highest BCUT2D eigenvalue weighted by Gasteiger charge is 2.16. The Balaban J connectivity index is 2.29. The van der Waals surface area contributed by atoms with E-state index in [2.05, 4.69) is 15.1 Å². The first kappa shape index (κ1) is 12.9. The van der Waals surface area contributed by atoms with E-state index in [1.807, 2.05) is 12.3 Å². The second-order valence-electron chi connectivity index (χ2n) is 4.26. The van der Waals surface area contributed by atoms with Gasteiger partial charge in [0.2, 0.25) is 0 Å². The van der Waals surface area contributed by atoms with Crippen molar-refractivity contribution in [2.75, 3.05) is 6.26 Å². The van der Waals surface area contributed by atoms with E-state index in [0.29, 0.717) is 22.3 Å². The van der Waals surface area contributed by atoms with Crippen LogP contribution in [-0.2, 0) is 0 Å². The Labute approximate surface area is 117 Å². The van der Waals surface area contributed by atoms with Crippen molar-refractivity contribution in [1.29, 1.82) is 0 Å². The molecule has 0 unspecified atom stereocenters. The average molecular weight is 290 g/mol. The highest BCUT2D eigenvalue weighted by molar-refractivity contribution is 7.98. The number of fused-ring (bicyclic) bond motifs is 1. The lowest BCUT2D eigenvalue weighted by molar-refractivity contribution is 0.617. The maximum absolute atomic E-state index is 14.5. The molecule has 7 heteroatoms. The van der Waals surface area contributed by atoms with E-state index in [1.165, 1.54) is 24.3 Å². The first-order valence-corrected chi connectivity index (χ1v) is 7.11. The molecule has 1 N–H and O–H groups in total. The number of halogens is 1. The van der Waals surface area contributed by atoms with Gasteiger partial charge in [-0.2, -0.15) is 9.61 Å². The first-order chi connectivity index (χ1) is 9.63. The van der Waals surface area contributed by atoms with Crippen LogP contribution >= 0.6 is 11.8 Å². The molecule has 0 spiro atoms. The fourth-order valence-corrected chi connectivity index (χ4v) is 2.71. The van der Waals surface area contributed by atoms with E-state index in [9.17, 15) is 9.18 Å². The molecule has 0 saturated carbocycles. The summed E-state index contributed by atoms with van der Waals surface area (Å²) in [6.45, 7) is 1.73. The van der Waals surface area contributed by atoms with Gasteiger partial charge in [-0.1, -0.05) is 6.07 Å². The minimum Gasteiger partial charge on any atom is -0.296 e. The fraction of sp³-hybridized carbons (Fsp3) is 0.154. The molecule has 2 aromatic heterocycles. The van der Waals surface area contributed by atoms with E-state index in [-0.39, 0.29) is 5.82 Å². The first-order valence-electron chi connectivity index (χ1n) is 5.88. The highest BCUT2D eigenvalue weighted by atomic mass is 32.2. The monoisotopic (exact) mass is 290 g/mol. The molecule has 3 aromatic rings. The van der Waals surface area contributed by atoms with E-state index in [1.54, 1.807) is 13.0 Å². The molecule has 5 nitrogen and oxygen atoms in total. The standard InChI is InChI=1S/C13H11FN4OS/c1-7-10(20-2)4-3-8(11(7)14)9-5-17-18-12(9)15-6-16-13(18)19/h3-6H,1-2H3,(H,15,16,19). The Kier molecular flexibility index (Phi) is 3.06. The van der Waals surface area contributed by atoms with Crippen LogP contribution in [0, 0.1) is 12.7 Å². The molecule has 3 rings (SSSR count). The zero-order valence-electron chi connectivity index (χ0n) is 10.8. The molecule has 0 saturated heterocycles. The van der Waals surface area contributed by atoms with Gasteiger partial charge in [0.15, 0.2) is 5.65 Å². The van der Waals surface area contributed by atoms with Gasteiger partial charge in [-0.3, -0.25) is 4.98 Å². The molecule has 0 atom stereocenters. The summed E-state index contributed by atoms with van der Waals surface area (Å²) in [6.07, 6.45) is 4.63. The van der Waals surface area contributed by atoms with Crippen LogP contribution in [0.1, 0.15) is 5.56 Å². The second kappa shape index (κ2) is 4.75. The predicted molar refractivity (Wildman–Crippen MR) is 75.5 cm³/mol. The SMILES string of the molecule is CSc1ccc(-c2cnn3c(=O)[nH]cnc23)c(F)c1C. The zero-order valence-corrected chi connectivity index (χ0v) is 11.7. The van der Waals surface area contributed by atoms with Gasteiger partial charge in [0.05, 0.1) is 12.5 Å². The number of hydrogen-bond donors (Lipinski definition) is 1. The third-order valence-corrected chi connectivity index (χ3v) is 4.04. The number of hydrogen-bond acceptors (Lipinski definition) is 4. The van der Waals surface area contributed by atoms with Crippen LogP contribution in [0.3, 0.4) is 0 Å². The number of nitrogens with zero attached hydrogens (tertiary/aromatic N) is 3. The molecule has 0 aliphatic carbocycles. The molecule has 20 heavy (non-hydrogen) atoms. The van der Waals surface area contributed by atoms with E-state index in [0.717, 1.165) is 9.41 Å². The predicted octanol–water partition coefficient (Wildman–Crippen LogP) is 2.25. The van der Waals surface area contributed by atoms with Gasteiger partial charge in [-0.15, -0.1) is 11.8 Å². The van der Waals surface area contributed by atoms with Crippen LogP contribution in [0.2, 0.25) is 0 Å². The summed E-state index contributed by atoms with van der Waals surface area (Å²) in [5, 5.41) is 3.95. The maximum Gasteiger partial charge on any atom is 0.349 e. The molecule has 0 amide bonds. The number of nitrogens with one attached hydrogen (secondary N) is 1. The number of benzene rings is 1. The topological polar surface area (TPSA) is 63.1 Å². The van der Waals surface area contributed by atoms with Crippen LogP contribution in [0.15, 0.2) is 34.3 Å². The Bertz CT molecular complexity index is 855. The van der Waals surface area contributed by atoms with Gasteiger partial charge in [0.1, 0.15) is 5.82 Å². The Morgan fingerprint density at radius 2 is 2.15 bits per heavy atom. The van der Waals surface area contributed by atoms with Crippen molar-refractivity contribution >= 4 is 17.4 Å². The minimum absolute atomic E-state index is 0.311. The smallest absolute Gasteiger partial charge is 0.296 e.